The van der Waals surface area contributed by atoms with Crippen molar-refractivity contribution >= 4 is 15.8 Å². The highest BCUT2D eigenvalue weighted by atomic mass is 32.2. The van der Waals surface area contributed by atoms with Crippen LogP contribution in [-0.4, -0.2) is 56.6 Å². The van der Waals surface area contributed by atoms with Gasteiger partial charge in [0.2, 0.25) is 5.82 Å². The molecule has 0 saturated carbocycles. The highest BCUT2D eigenvalue weighted by Gasteiger charge is 2.46. The molecule has 2 rings (SSSR count). The third-order valence-corrected chi connectivity index (χ3v) is 7.63. The van der Waals surface area contributed by atoms with Crippen molar-refractivity contribution in [1.82, 2.24) is 19.7 Å². The Balaban J connectivity index is 2.35. The number of aromatic nitrogens is 1. The van der Waals surface area contributed by atoms with Gasteiger partial charge in [-0.1, -0.05) is 25.7 Å². The summed E-state index contributed by atoms with van der Waals surface area (Å²) in [6, 6.07) is 0.974. The fourth-order valence-corrected chi connectivity index (χ4v) is 5.56. The number of rotatable bonds is 8. The molecule has 1 aliphatic heterocycles. The Morgan fingerprint density at radius 3 is 2.68 bits per heavy atom. The Hall–Kier alpha value is -1.71. The van der Waals surface area contributed by atoms with Gasteiger partial charge in [0.05, 0.1) is 5.56 Å². The highest BCUT2D eigenvalue weighted by Crippen LogP contribution is 2.33. The van der Waals surface area contributed by atoms with Gasteiger partial charge in [-0.05, 0) is 12.5 Å². The van der Waals surface area contributed by atoms with E-state index in [0.717, 1.165) is 31.4 Å². The first-order chi connectivity index (χ1) is 14.7. The summed E-state index contributed by atoms with van der Waals surface area (Å²) >= 11 is 0. The van der Waals surface area contributed by atoms with Crippen molar-refractivity contribution in [2.45, 2.75) is 51.2 Å². The summed E-state index contributed by atoms with van der Waals surface area (Å²) in [6.45, 7) is 3.29. The van der Waals surface area contributed by atoms with Crippen LogP contribution in [0.3, 0.4) is 0 Å². The number of hydroxylamine groups is 1. The number of nitrogens with one attached hydrogen (secondary N) is 2. The van der Waals surface area contributed by atoms with E-state index in [2.05, 4.69) is 29.1 Å². The van der Waals surface area contributed by atoms with Crippen molar-refractivity contribution < 1.29 is 26.8 Å². The van der Waals surface area contributed by atoms with Gasteiger partial charge in [-0.2, -0.15) is 31.0 Å². The molecule has 1 fully saturated rings. The van der Waals surface area contributed by atoms with Crippen LogP contribution in [-0.2, 0) is 16.2 Å². The molecule has 0 radical (unpaired) electrons. The maximum atomic E-state index is 13.5. The summed E-state index contributed by atoms with van der Waals surface area (Å²) in [6.07, 6.45) is 0.129. The smallest absolute Gasteiger partial charge is 0.316 e. The first kappa shape index (κ1) is 25.5. The minimum absolute atomic E-state index is 0.0318. The van der Waals surface area contributed by atoms with Crippen LogP contribution in [0.25, 0.3) is 0 Å². The lowest BCUT2D eigenvalue weighted by molar-refractivity contribution is -0.137. The Labute approximate surface area is 181 Å². The second-order valence-electron chi connectivity index (χ2n) is 7.55. The van der Waals surface area contributed by atoms with Crippen LogP contribution in [0.1, 0.15) is 44.6 Å². The van der Waals surface area contributed by atoms with E-state index >= 15 is 0 Å². The Kier molecular flexibility index (Phi) is 9.27. The zero-order valence-corrected chi connectivity index (χ0v) is 18.4. The zero-order chi connectivity index (χ0) is 23.0. The van der Waals surface area contributed by atoms with Crippen molar-refractivity contribution in [3.63, 3.8) is 0 Å². The molecule has 3 N–H and O–H groups in total. The summed E-state index contributed by atoms with van der Waals surface area (Å²) in [4.78, 5) is 3.90. The second kappa shape index (κ2) is 11.2. The maximum absolute atomic E-state index is 13.5. The molecule has 11 heteroatoms. The zero-order valence-electron chi connectivity index (χ0n) is 17.6. The molecular formula is C20H30F3N4O3S+. The summed E-state index contributed by atoms with van der Waals surface area (Å²) in [5, 5.41) is 12.6. The van der Waals surface area contributed by atoms with Crippen LogP contribution in [0.4, 0.5) is 19.0 Å². The van der Waals surface area contributed by atoms with Gasteiger partial charge in [0.25, 0.3) is 0 Å². The van der Waals surface area contributed by atoms with Crippen molar-refractivity contribution in [2.24, 2.45) is 0 Å². The molecule has 0 aliphatic carbocycles. The van der Waals surface area contributed by atoms with Crippen LogP contribution in [0.5, 0.6) is 0 Å². The summed E-state index contributed by atoms with van der Waals surface area (Å²) < 4.78 is 65.3. The molecule has 0 amide bonds. The number of nitrogens with zero attached hydrogens (tertiary/aromatic N) is 2. The van der Waals surface area contributed by atoms with E-state index in [0.29, 0.717) is 32.1 Å². The van der Waals surface area contributed by atoms with E-state index in [1.54, 1.807) is 0 Å². The SMILES string of the molecule is CCCCCC#CC(CS(=O)(=O)[N+]1(c2ccc(C(F)(F)F)cn2)CCCNCC1)NO. The van der Waals surface area contributed by atoms with Gasteiger partial charge in [-0.25, -0.2) is 4.98 Å². The highest BCUT2D eigenvalue weighted by molar-refractivity contribution is 7.91. The molecule has 1 aliphatic rings. The first-order valence-corrected chi connectivity index (χ1v) is 12.0. The van der Waals surface area contributed by atoms with Crippen LogP contribution in [0, 0.1) is 11.8 Å². The molecule has 1 aromatic heterocycles. The fourth-order valence-electron chi connectivity index (χ4n) is 3.52. The second-order valence-corrected chi connectivity index (χ2v) is 9.75. The number of quaternary nitrogens is 1. The molecule has 7 nitrogen and oxygen atoms in total. The van der Waals surface area contributed by atoms with Gasteiger partial charge in [0.1, 0.15) is 24.9 Å². The minimum Gasteiger partial charge on any atom is -0.316 e. The van der Waals surface area contributed by atoms with Crippen LogP contribution < -0.4 is 14.7 Å². The largest absolute Gasteiger partial charge is 0.417 e. The molecule has 1 aromatic rings. The van der Waals surface area contributed by atoms with E-state index in [4.69, 9.17) is 0 Å². The molecule has 2 atom stereocenters. The standard InChI is InChI=1S/C20H30F3N4O3S/c1-2-3-4-5-6-8-18(26-28)16-31(29,30)27(13-7-11-24-12-14-27)19-10-9-17(15-25-19)20(21,22)23/h9-10,15,18,24,26,28H,2-5,7,11-14,16H2,1H3/q+1. The molecule has 2 heterocycles. The lowest BCUT2D eigenvalue weighted by Gasteiger charge is -2.34. The molecule has 31 heavy (non-hydrogen) atoms. The van der Waals surface area contributed by atoms with Gasteiger partial charge >= 0.3 is 16.2 Å². The summed E-state index contributed by atoms with van der Waals surface area (Å²) in [5.74, 6) is 5.18. The van der Waals surface area contributed by atoms with Crippen LogP contribution in [0.15, 0.2) is 18.3 Å². The Morgan fingerprint density at radius 1 is 1.29 bits per heavy atom. The lowest BCUT2D eigenvalue weighted by Crippen LogP contribution is -2.59. The van der Waals surface area contributed by atoms with E-state index < -0.39 is 37.4 Å². The number of halogens is 3. The molecule has 0 bridgehead atoms. The third kappa shape index (κ3) is 6.63. The molecule has 174 valence electrons. The van der Waals surface area contributed by atoms with E-state index in [9.17, 15) is 26.8 Å². The fraction of sp³-hybridized carbons (Fsp3) is 0.650. The van der Waals surface area contributed by atoms with E-state index in [1.807, 2.05) is 5.48 Å². The normalized spacial score (nSPS) is 21.1. The number of hydrogen-bond donors (Lipinski definition) is 3. The monoisotopic (exact) mass is 463 g/mol. The average molecular weight is 464 g/mol. The number of alkyl halides is 3. The number of hydrogen-bond acceptors (Lipinski definition) is 6. The van der Waals surface area contributed by atoms with Crippen molar-refractivity contribution in [3.8, 4) is 11.8 Å². The Morgan fingerprint density at radius 2 is 2.06 bits per heavy atom. The van der Waals surface area contributed by atoms with Gasteiger partial charge in [-0.15, -0.1) is 5.92 Å². The third-order valence-electron chi connectivity index (χ3n) is 5.26. The van der Waals surface area contributed by atoms with Gasteiger partial charge in [0, 0.05) is 38.2 Å². The molecular weight excluding hydrogens is 433 g/mol. The van der Waals surface area contributed by atoms with Crippen molar-refractivity contribution in [2.75, 3.05) is 31.9 Å². The van der Waals surface area contributed by atoms with Gasteiger partial charge in [0.15, 0.2) is 0 Å². The van der Waals surface area contributed by atoms with E-state index in [1.165, 1.54) is 0 Å². The number of unbranched alkanes of at least 4 members (excludes halogenated alkanes) is 3. The van der Waals surface area contributed by atoms with E-state index in [-0.39, 0.29) is 18.9 Å². The minimum atomic E-state index is -4.56. The average Bonchev–Trinajstić information content (AvgIpc) is 2.99. The summed E-state index contributed by atoms with van der Waals surface area (Å²) in [5.41, 5.74) is 1.02. The topological polar surface area (TPSA) is 91.3 Å². The van der Waals surface area contributed by atoms with Crippen LogP contribution >= 0.6 is 0 Å². The predicted octanol–water partition coefficient (Wildman–Crippen LogP) is 2.66. The van der Waals surface area contributed by atoms with Crippen molar-refractivity contribution in [1.29, 1.82) is 0 Å². The first-order valence-electron chi connectivity index (χ1n) is 10.4. The molecule has 0 aromatic carbocycles. The number of pyridine rings is 1. The van der Waals surface area contributed by atoms with Gasteiger partial charge < -0.3 is 10.5 Å². The summed E-state index contributed by atoms with van der Waals surface area (Å²) in [7, 11) is -4.00. The van der Waals surface area contributed by atoms with Crippen molar-refractivity contribution in [3.05, 3.63) is 23.9 Å². The molecule has 2 unspecified atom stereocenters. The quantitative estimate of drug-likeness (QED) is 0.238. The maximum Gasteiger partial charge on any atom is 0.417 e. The number of sulfonamides is 1. The Bertz CT molecular complexity index is 856. The lowest BCUT2D eigenvalue weighted by atomic mass is 10.2. The van der Waals surface area contributed by atoms with Gasteiger partial charge in [-0.3, -0.25) is 0 Å². The predicted molar refractivity (Wildman–Crippen MR) is 113 cm³/mol. The molecule has 1 saturated heterocycles. The molecule has 0 spiro atoms. The van der Waals surface area contributed by atoms with Crippen LogP contribution in [0.2, 0.25) is 0 Å².